The van der Waals surface area contributed by atoms with Crippen molar-refractivity contribution >= 4 is 35.8 Å². The summed E-state index contributed by atoms with van der Waals surface area (Å²) < 4.78 is 5.14. The summed E-state index contributed by atoms with van der Waals surface area (Å²) in [6.45, 7) is 3.95. The maximum Gasteiger partial charge on any atom is 0.251 e. The lowest BCUT2D eigenvalue weighted by atomic mass is 10.1. The van der Waals surface area contributed by atoms with Crippen LogP contribution in [0.25, 0.3) is 0 Å². The van der Waals surface area contributed by atoms with Crippen molar-refractivity contribution in [3.8, 4) is 5.88 Å². The Labute approximate surface area is 183 Å². The summed E-state index contributed by atoms with van der Waals surface area (Å²) in [6.07, 6.45) is 0.784. The first-order valence-corrected chi connectivity index (χ1v) is 8.99. The zero-order valence-corrected chi connectivity index (χ0v) is 18.8. The van der Waals surface area contributed by atoms with Gasteiger partial charge in [-0.3, -0.25) is 4.79 Å². The SMILES string of the molecule is CCNC(=NCc1cccc(OC)n1)NCCc1cccc(C(=O)NC)c1.I. The number of methoxy groups -OCH3 is 1. The number of hydrogen-bond donors (Lipinski definition) is 3. The standard InChI is InChI=1S/C20H27N5O2.HI/c1-4-22-20(24-14-17-9-6-10-18(25-17)27-3)23-12-11-15-7-5-8-16(13-15)19(26)21-2;/h5-10,13H,4,11-12,14H2,1-3H3,(H,21,26)(H2,22,23,24);1H. The van der Waals surface area contributed by atoms with E-state index in [4.69, 9.17) is 4.74 Å². The molecule has 0 saturated carbocycles. The maximum atomic E-state index is 11.7. The number of guanidine groups is 1. The van der Waals surface area contributed by atoms with Crippen molar-refractivity contribution in [3.63, 3.8) is 0 Å². The number of amides is 1. The van der Waals surface area contributed by atoms with Gasteiger partial charge >= 0.3 is 0 Å². The Hall–Kier alpha value is -2.36. The van der Waals surface area contributed by atoms with Gasteiger partial charge in [0.15, 0.2) is 5.96 Å². The third-order valence-electron chi connectivity index (χ3n) is 3.86. The fourth-order valence-electron chi connectivity index (χ4n) is 2.50. The highest BCUT2D eigenvalue weighted by Crippen LogP contribution is 2.08. The molecule has 1 amide bonds. The van der Waals surface area contributed by atoms with Gasteiger partial charge in [-0.25, -0.2) is 9.98 Å². The van der Waals surface area contributed by atoms with Crippen LogP contribution in [-0.4, -0.2) is 44.1 Å². The molecule has 152 valence electrons. The molecule has 1 aromatic carbocycles. The van der Waals surface area contributed by atoms with Crippen molar-refractivity contribution in [1.29, 1.82) is 0 Å². The number of halogens is 1. The third kappa shape index (κ3) is 7.71. The Morgan fingerprint density at radius 3 is 2.68 bits per heavy atom. The molecule has 2 aromatic rings. The topological polar surface area (TPSA) is 87.6 Å². The number of pyridine rings is 1. The van der Waals surface area contributed by atoms with E-state index in [0.717, 1.165) is 30.2 Å². The first-order chi connectivity index (χ1) is 13.2. The van der Waals surface area contributed by atoms with Gasteiger partial charge in [-0.05, 0) is 37.1 Å². The lowest BCUT2D eigenvalue weighted by Crippen LogP contribution is -2.38. The van der Waals surface area contributed by atoms with Crippen LogP contribution in [0.2, 0.25) is 0 Å². The number of carbonyl (C=O) groups is 1. The average molecular weight is 497 g/mol. The van der Waals surface area contributed by atoms with Crippen LogP contribution in [0, 0.1) is 0 Å². The van der Waals surface area contributed by atoms with E-state index in [9.17, 15) is 4.79 Å². The Bertz CT molecular complexity index is 783. The van der Waals surface area contributed by atoms with Gasteiger partial charge in [0.25, 0.3) is 5.91 Å². The van der Waals surface area contributed by atoms with Crippen LogP contribution in [0.5, 0.6) is 5.88 Å². The number of hydrogen-bond acceptors (Lipinski definition) is 4. The molecule has 0 spiro atoms. The second-order valence-electron chi connectivity index (χ2n) is 5.82. The van der Waals surface area contributed by atoms with Crippen molar-refractivity contribution < 1.29 is 9.53 Å². The number of aromatic nitrogens is 1. The van der Waals surface area contributed by atoms with E-state index in [-0.39, 0.29) is 29.9 Å². The Morgan fingerprint density at radius 1 is 1.18 bits per heavy atom. The largest absolute Gasteiger partial charge is 0.481 e. The average Bonchev–Trinajstić information content (AvgIpc) is 2.71. The van der Waals surface area contributed by atoms with Crippen molar-refractivity contribution in [1.82, 2.24) is 20.9 Å². The molecule has 7 nitrogen and oxygen atoms in total. The van der Waals surface area contributed by atoms with Gasteiger partial charge in [-0.15, -0.1) is 24.0 Å². The van der Waals surface area contributed by atoms with E-state index in [1.165, 1.54) is 0 Å². The molecular weight excluding hydrogens is 469 g/mol. The molecule has 0 aliphatic carbocycles. The minimum absolute atomic E-state index is 0. The molecule has 8 heteroatoms. The van der Waals surface area contributed by atoms with E-state index < -0.39 is 0 Å². The van der Waals surface area contributed by atoms with Crippen LogP contribution in [0.4, 0.5) is 0 Å². The Morgan fingerprint density at radius 2 is 1.96 bits per heavy atom. The Kier molecular flexibility index (Phi) is 10.9. The van der Waals surface area contributed by atoms with E-state index in [1.807, 2.05) is 49.4 Å². The molecule has 0 saturated heterocycles. The predicted molar refractivity (Wildman–Crippen MR) is 123 cm³/mol. The van der Waals surface area contributed by atoms with Crippen molar-refractivity contribution in [2.24, 2.45) is 4.99 Å². The number of aliphatic imine (C=N–C) groups is 1. The van der Waals surface area contributed by atoms with Crippen LogP contribution < -0.4 is 20.7 Å². The number of ether oxygens (including phenoxy) is 1. The van der Waals surface area contributed by atoms with Gasteiger partial charge in [-0.2, -0.15) is 0 Å². The van der Waals surface area contributed by atoms with Gasteiger partial charge in [0.2, 0.25) is 5.88 Å². The lowest BCUT2D eigenvalue weighted by molar-refractivity contribution is 0.0963. The van der Waals surface area contributed by atoms with E-state index in [0.29, 0.717) is 24.5 Å². The number of benzene rings is 1. The zero-order valence-electron chi connectivity index (χ0n) is 16.5. The highest BCUT2D eigenvalue weighted by molar-refractivity contribution is 14.0. The predicted octanol–water partition coefficient (Wildman–Crippen LogP) is 2.37. The van der Waals surface area contributed by atoms with Gasteiger partial charge in [0, 0.05) is 31.8 Å². The normalized spacial score (nSPS) is 10.6. The summed E-state index contributed by atoms with van der Waals surface area (Å²) in [6, 6.07) is 13.2. The molecule has 0 aliphatic heterocycles. The molecule has 28 heavy (non-hydrogen) atoms. The first-order valence-electron chi connectivity index (χ1n) is 8.99. The first kappa shape index (κ1) is 23.7. The third-order valence-corrected chi connectivity index (χ3v) is 3.86. The maximum absolute atomic E-state index is 11.7. The van der Waals surface area contributed by atoms with E-state index in [1.54, 1.807) is 14.2 Å². The number of nitrogens with one attached hydrogen (secondary N) is 3. The zero-order chi connectivity index (χ0) is 19.5. The highest BCUT2D eigenvalue weighted by Gasteiger charge is 2.04. The lowest BCUT2D eigenvalue weighted by Gasteiger charge is -2.12. The number of carbonyl (C=O) groups excluding carboxylic acids is 1. The molecule has 0 aliphatic rings. The molecule has 1 aromatic heterocycles. The fraction of sp³-hybridized carbons (Fsp3) is 0.350. The minimum atomic E-state index is -0.0782. The summed E-state index contributed by atoms with van der Waals surface area (Å²) in [7, 11) is 3.23. The van der Waals surface area contributed by atoms with Crippen LogP contribution in [-0.2, 0) is 13.0 Å². The van der Waals surface area contributed by atoms with Crippen molar-refractivity contribution in [3.05, 3.63) is 59.3 Å². The monoisotopic (exact) mass is 497 g/mol. The van der Waals surface area contributed by atoms with Crippen molar-refractivity contribution in [2.75, 3.05) is 27.2 Å². The minimum Gasteiger partial charge on any atom is -0.481 e. The molecule has 0 fully saturated rings. The molecular formula is C20H28IN5O2. The summed E-state index contributed by atoms with van der Waals surface area (Å²) in [5.41, 5.74) is 2.60. The number of rotatable bonds is 8. The smallest absolute Gasteiger partial charge is 0.251 e. The van der Waals surface area contributed by atoms with Crippen LogP contribution in [0.3, 0.4) is 0 Å². The fourth-order valence-corrected chi connectivity index (χ4v) is 2.50. The molecule has 3 N–H and O–H groups in total. The van der Waals surface area contributed by atoms with Crippen LogP contribution >= 0.6 is 24.0 Å². The molecule has 0 atom stereocenters. The van der Waals surface area contributed by atoms with Gasteiger partial charge in [0.05, 0.1) is 19.3 Å². The molecule has 0 bridgehead atoms. The molecule has 0 radical (unpaired) electrons. The second-order valence-corrected chi connectivity index (χ2v) is 5.82. The molecule has 0 unspecified atom stereocenters. The van der Waals surface area contributed by atoms with Gasteiger partial charge in [0.1, 0.15) is 0 Å². The van der Waals surface area contributed by atoms with Gasteiger partial charge < -0.3 is 20.7 Å². The summed E-state index contributed by atoms with van der Waals surface area (Å²) in [4.78, 5) is 20.7. The highest BCUT2D eigenvalue weighted by atomic mass is 127. The Balaban J connectivity index is 0.00000392. The van der Waals surface area contributed by atoms with Crippen LogP contribution in [0.15, 0.2) is 47.5 Å². The van der Waals surface area contributed by atoms with Gasteiger partial charge in [-0.1, -0.05) is 18.2 Å². The van der Waals surface area contributed by atoms with E-state index in [2.05, 4.69) is 25.9 Å². The van der Waals surface area contributed by atoms with Crippen molar-refractivity contribution in [2.45, 2.75) is 19.9 Å². The molecule has 2 rings (SSSR count). The summed E-state index contributed by atoms with van der Waals surface area (Å²) >= 11 is 0. The van der Waals surface area contributed by atoms with Crippen LogP contribution in [0.1, 0.15) is 28.5 Å². The number of nitrogens with zero attached hydrogens (tertiary/aromatic N) is 2. The second kappa shape index (κ2) is 12.9. The summed E-state index contributed by atoms with van der Waals surface area (Å²) in [5, 5.41) is 9.17. The quantitative estimate of drug-likeness (QED) is 0.296. The van der Waals surface area contributed by atoms with E-state index >= 15 is 0 Å². The molecule has 1 heterocycles. The summed E-state index contributed by atoms with van der Waals surface area (Å²) in [5.74, 6) is 1.23.